The van der Waals surface area contributed by atoms with E-state index in [9.17, 15) is 4.79 Å². The Bertz CT molecular complexity index is 791. The van der Waals surface area contributed by atoms with Crippen molar-refractivity contribution in [2.75, 3.05) is 13.6 Å². The number of benzene rings is 2. The molecule has 0 bridgehead atoms. The van der Waals surface area contributed by atoms with Gasteiger partial charge in [0.1, 0.15) is 0 Å². The van der Waals surface area contributed by atoms with Gasteiger partial charge in [0, 0.05) is 24.7 Å². The van der Waals surface area contributed by atoms with Crippen LogP contribution in [0.5, 0.6) is 0 Å². The van der Waals surface area contributed by atoms with Crippen molar-refractivity contribution in [3.05, 3.63) is 83.4 Å². The fourth-order valence-electron chi connectivity index (χ4n) is 2.80. The molecular weight excluding hydrogens is 330 g/mol. The van der Waals surface area contributed by atoms with Gasteiger partial charge in [-0.2, -0.15) is 0 Å². The highest BCUT2D eigenvalue weighted by molar-refractivity contribution is 5.86. The van der Waals surface area contributed by atoms with Crippen LogP contribution in [0.15, 0.2) is 61.2 Å². The zero-order valence-electron chi connectivity index (χ0n) is 16.5. The Morgan fingerprint density at radius 2 is 1.44 bits per heavy atom. The minimum atomic E-state index is -0.0473. The van der Waals surface area contributed by atoms with Gasteiger partial charge >= 0.3 is 0 Å². The molecule has 0 aliphatic heterocycles. The van der Waals surface area contributed by atoms with Crippen molar-refractivity contribution >= 4 is 5.91 Å². The van der Waals surface area contributed by atoms with E-state index in [2.05, 4.69) is 61.7 Å². The van der Waals surface area contributed by atoms with Crippen LogP contribution in [0, 0.1) is 11.8 Å². The molecular formula is C25H29NO. The van der Waals surface area contributed by atoms with Crippen LogP contribution in [0.25, 0.3) is 0 Å². The quantitative estimate of drug-likeness (QED) is 0.369. The van der Waals surface area contributed by atoms with Crippen molar-refractivity contribution in [2.45, 2.75) is 39.0 Å². The van der Waals surface area contributed by atoms with Crippen LogP contribution in [0.3, 0.4) is 0 Å². The Kier molecular flexibility index (Phi) is 8.39. The molecule has 0 fully saturated rings. The van der Waals surface area contributed by atoms with Crippen LogP contribution >= 0.6 is 0 Å². The van der Waals surface area contributed by atoms with E-state index < -0.39 is 0 Å². The lowest BCUT2D eigenvalue weighted by Gasteiger charge is -2.14. The van der Waals surface area contributed by atoms with E-state index >= 15 is 0 Å². The average Bonchev–Trinajstić information content (AvgIpc) is 2.71. The zero-order chi connectivity index (χ0) is 19.5. The van der Waals surface area contributed by atoms with E-state index in [0.29, 0.717) is 6.54 Å². The van der Waals surface area contributed by atoms with E-state index in [-0.39, 0.29) is 5.91 Å². The number of carbonyl (C=O) groups is 1. The fourth-order valence-corrected chi connectivity index (χ4v) is 2.80. The smallest absolute Gasteiger partial charge is 0.245 e. The molecule has 0 radical (unpaired) electrons. The zero-order valence-corrected chi connectivity index (χ0v) is 16.5. The van der Waals surface area contributed by atoms with Crippen LogP contribution in [0.1, 0.15) is 48.4 Å². The summed E-state index contributed by atoms with van der Waals surface area (Å²) >= 11 is 0. The molecule has 27 heavy (non-hydrogen) atoms. The van der Waals surface area contributed by atoms with Crippen molar-refractivity contribution in [3.63, 3.8) is 0 Å². The third-order valence-electron chi connectivity index (χ3n) is 4.61. The molecule has 0 N–H and O–H groups in total. The molecule has 0 aromatic heterocycles. The number of likely N-dealkylation sites (N-methyl/N-ethyl adjacent to an activating group) is 1. The second kappa shape index (κ2) is 11.0. The maximum Gasteiger partial charge on any atom is 0.245 e. The molecule has 0 aliphatic carbocycles. The van der Waals surface area contributed by atoms with Crippen molar-refractivity contribution in [1.29, 1.82) is 0 Å². The standard InChI is InChI=1S/C25H29NO/c1-4-6-7-8-21-9-11-22(12-10-21)13-14-23-15-17-24(18-16-23)19-20-26(3)25(27)5-2/h5,9-12,15-18H,2,4,6-8,19-20H2,1,3H3. The molecule has 140 valence electrons. The highest BCUT2D eigenvalue weighted by atomic mass is 16.2. The molecule has 0 heterocycles. The Morgan fingerprint density at radius 3 is 1.93 bits per heavy atom. The molecule has 0 atom stereocenters. The van der Waals surface area contributed by atoms with Crippen LogP contribution in [-0.4, -0.2) is 24.4 Å². The molecule has 0 aliphatic rings. The van der Waals surface area contributed by atoms with Gasteiger partial charge in [0.2, 0.25) is 5.91 Å². The maximum absolute atomic E-state index is 11.5. The van der Waals surface area contributed by atoms with Gasteiger partial charge < -0.3 is 4.90 Å². The number of carbonyl (C=O) groups excluding carboxylic acids is 1. The number of aryl methyl sites for hydroxylation is 1. The SMILES string of the molecule is C=CC(=O)N(C)CCc1ccc(C#Cc2ccc(CCCCC)cc2)cc1. The van der Waals surface area contributed by atoms with Gasteiger partial charge in [0.25, 0.3) is 0 Å². The summed E-state index contributed by atoms with van der Waals surface area (Å²) < 4.78 is 0. The van der Waals surface area contributed by atoms with Gasteiger partial charge in [0.15, 0.2) is 0 Å². The number of hydrogen-bond donors (Lipinski definition) is 0. The largest absolute Gasteiger partial charge is 0.342 e. The normalized spacial score (nSPS) is 10.0. The number of nitrogens with zero attached hydrogens (tertiary/aromatic N) is 1. The van der Waals surface area contributed by atoms with Gasteiger partial charge in [-0.15, -0.1) is 0 Å². The van der Waals surface area contributed by atoms with Crippen molar-refractivity contribution in [2.24, 2.45) is 0 Å². The van der Waals surface area contributed by atoms with Gasteiger partial charge in [-0.25, -0.2) is 0 Å². The van der Waals surface area contributed by atoms with E-state index in [1.807, 2.05) is 12.1 Å². The minimum absolute atomic E-state index is 0.0473. The van der Waals surface area contributed by atoms with E-state index in [1.54, 1.807) is 11.9 Å². The average molecular weight is 360 g/mol. The summed E-state index contributed by atoms with van der Waals surface area (Å²) in [5.74, 6) is 6.41. The second-order valence-electron chi connectivity index (χ2n) is 6.81. The number of rotatable bonds is 8. The van der Waals surface area contributed by atoms with Gasteiger partial charge in [-0.1, -0.05) is 62.5 Å². The van der Waals surface area contributed by atoms with Crippen LogP contribution < -0.4 is 0 Å². The summed E-state index contributed by atoms with van der Waals surface area (Å²) in [6.07, 6.45) is 7.12. The molecule has 2 aromatic carbocycles. The molecule has 0 spiro atoms. The number of amides is 1. The number of unbranched alkanes of at least 4 members (excludes halogenated alkanes) is 2. The first-order valence-electron chi connectivity index (χ1n) is 9.70. The summed E-state index contributed by atoms with van der Waals surface area (Å²) in [4.78, 5) is 13.2. The molecule has 2 heteroatoms. The molecule has 2 rings (SSSR count). The molecule has 0 saturated carbocycles. The lowest BCUT2D eigenvalue weighted by molar-refractivity contribution is -0.124. The molecule has 0 unspecified atom stereocenters. The Labute approximate surface area is 163 Å². The summed E-state index contributed by atoms with van der Waals surface area (Å²) in [6, 6.07) is 16.8. The summed E-state index contributed by atoms with van der Waals surface area (Å²) in [5.41, 5.74) is 4.63. The third kappa shape index (κ3) is 7.15. The first-order chi connectivity index (χ1) is 13.1. The highest BCUT2D eigenvalue weighted by Gasteiger charge is 2.03. The van der Waals surface area contributed by atoms with Gasteiger partial charge in [0.05, 0.1) is 0 Å². The van der Waals surface area contributed by atoms with Crippen LogP contribution in [0.4, 0.5) is 0 Å². The van der Waals surface area contributed by atoms with E-state index in [4.69, 9.17) is 0 Å². The lowest BCUT2D eigenvalue weighted by atomic mass is 10.1. The van der Waals surface area contributed by atoms with Crippen molar-refractivity contribution in [3.8, 4) is 11.8 Å². The third-order valence-corrected chi connectivity index (χ3v) is 4.61. The van der Waals surface area contributed by atoms with Crippen molar-refractivity contribution in [1.82, 2.24) is 4.90 Å². The topological polar surface area (TPSA) is 20.3 Å². The maximum atomic E-state index is 11.5. The Hall–Kier alpha value is -2.79. The Morgan fingerprint density at radius 1 is 0.926 bits per heavy atom. The van der Waals surface area contributed by atoms with E-state index in [1.165, 1.54) is 36.5 Å². The minimum Gasteiger partial charge on any atom is -0.342 e. The van der Waals surface area contributed by atoms with Crippen LogP contribution in [0.2, 0.25) is 0 Å². The van der Waals surface area contributed by atoms with E-state index in [0.717, 1.165) is 24.0 Å². The summed E-state index contributed by atoms with van der Waals surface area (Å²) in [5, 5.41) is 0. The monoisotopic (exact) mass is 359 g/mol. The Balaban J connectivity index is 1.89. The van der Waals surface area contributed by atoms with Crippen LogP contribution in [-0.2, 0) is 17.6 Å². The predicted octanol–water partition coefficient (Wildman–Crippen LogP) is 5.01. The fraction of sp³-hybridized carbons (Fsp3) is 0.320. The molecule has 2 nitrogen and oxygen atoms in total. The lowest BCUT2D eigenvalue weighted by Crippen LogP contribution is -2.26. The highest BCUT2D eigenvalue weighted by Crippen LogP contribution is 2.09. The van der Waals surface area contributed by atoms with Gasteiger partial charge in [-0.05, 0) is 60.7 Å². The predicted molar refractivity (Wildman–Crippen MR) is 114 cm³/mol. The molecule has 2 aromatic rings. The second-order valence-corrected chi connectivity index (χ2v) is 6.81. The van der Waals surface area contributed by atoms with Crippen molar-refractivity contribution < 1.29 is 4.79 Å². The first-order valence-corrected chi connectivity index (χ1v) is 9.70. The number of hydrogen-bond acceptors (Lipinski definition) is 1. The molecule has 0 saturated heterocycles. The van der Waals surface area contributed by atoms with Gasteiger partial charge in [-0.3, -0.25) is 4.79 Å². The summed E-state index contributed by atoms with van der Waals surface area (Å²) in [7, 11) is 1.79. The molecule has 1 amide bonds. The summed E-state index contributed by atoms with van der Waals surface area (Å²) in [6.45, 7) is 6.42. The first kappa shape index (κ1) is 20.5.